The van der Waals surface area contributed by atoms with Gasteiger partial charge in [0.15, 0.2) is 9.84 Å². The maximum atomic E-state index is 13.0. The van der Waals surface area contributed by atoms with Gasteiger partial charge in [0.05, 0.1) is 4.90 Å². The second-order valence-electron chi connectivity index (χ2n) is 4.44. The summed E-state index contributed by atoms with van der Waals surface area (Å²) in [6, 6.07) is 8.14. The van der Waals surface area contributed by atoms with Crippen molar-refractivity contribution in [1.29, 1.82) is 0 Å². The van der Waals surface area contributed by atoms with Gasteiger partial charge in [-0.2, -0.15) is 0 Å². The number of rotatable bonds is 5. The van der Waals surface area contributed by atoms with Crippen LogP contribution < -0.4 is 5.32 Å². The van der Waals surface area contributed by atoms with Crippen LogP contribution >= 0.6 is 11.3 Å². The van der Waals surface area contributed by atoms with E-state index in [0.717, 1.165) is 12.1 Å². The van der Waals surface area contributed by atoms with Gasteiger partial charge in [-0.05, 0) is 35.7 Å². The third-order valence-corrected chi connectivity index (χ3v) is 6.15. The summed E-state index contributed by atoms with van der Waals surface area (Å²) in [5.41, 5.74) is 0. The van der Waals surface area contributed by atoms with Gasteiger partial charge >= 0.3 is 0 Å². The number of hydrogen-bond acceptors (Lipinski definition) is 4. The van der Waals surface area contributed by atoms with Crippen molar-refractivity contribution >= 4 is 27.1 Å². The van der Waals surface area contributed by atoms with Gasteiger partial charge in [-0.1, -0.05) is 6.07 Å². The van der Waals surface area contributed by atoms with Crippen LogP contribution in [-0.2, 0) is 14.6 Å². The Morgan fingerprint density at radius 3 is 2.48 bits per heavy atom. The molecule has 7 heteroatoms. The van der Waals surface area contributed by atoms with E-state index in [0.29, 0.717) is 4.88 Å². The lowest BCUT2D eigenvalue weighted by molar-refractivity contribution is -0.118. The highest BCUT2D eigenvalue weighted by molar-refractivity contribution is 7.91. The summed E-state index contributed by atoms with van der Waals surface area (Å²) in [5.74, 6) is -0.797. The second kappa shape index (κ2) is 6.36. The first-order valence-corrected chi connectivity index (χ1v) is 8.61. The molecule has 2 rings (SSSR count). The maximum Gasteiger partial charge on any atom is 0.216 e. The van der Waals surface area contributed by atoms with E-state index in [-0.39, 0.29) is 17.3 Å². The standard InChI is InChI=1S/C14H14FNO3S2/c1-10(17)16-9-14(13-3-2-8-20-13)21(18,19)12-6-4-11(15)5-7-12/h2-8,14H,9H2,1H3,(H,16,17)/t14-/m0/s1. The highest BCUT2D eigenvalue weighted by Gasteiger charge is 2.30. The fourth-order valence-electron chi connectivity index (χ4n) is 1.86. The Morgan fingerprint density at radius 2 is 1.95 bits per heavy atom. The van der Waals surface area contributed by atoms with Gasteiger partial charge < -0.3 is 5.32 Å². The topological polar surface area (TPSA) is 63.2 Å². The van der Waals surface area contributed by atoms with E-state index in [2.05, 4.69) is 5.32 Å². The Hall–Kier alpha value is -1.73. The molecule has 0 unspecified atom stereocenters. The van der Waals surface area contributed by atoms with Crippen LogP contribution in [0.2, 0.25) is 0 Å². The van der Waals surface area contributed by atoms with Crippen LogP contribution in [0.4, 0.5) is 4.39 Å². The molecule has 0 bridgehead atoms. The maximum absolute atomic E-state index is 13.0. The summed E-state index contributed by atoms with van der Waals surface area (Å²) >= 11 is 1.30. The second-order valence-corrected chi connectivity index (χ2v) is 7.55. The van der Waals surface area contributed by atoms with Crippen molar-refractivity contribution in [3.05, 3.63) is 52.5 Å². The molecule has 0 aliphatic heterocycles. The third-order valence-electron chi connectivity index (χ3n) is 2.91. The van der Waals surface area contributed by atoms with E-state index in [1.165, 1.54) is 30.4 Å². The smallest absolute Gasteiger partial charge is 0.216 e. The molecule has 0 spiro atoms. The lowest BCUT2D eigenvalue weighted by Crippen LogP contribution is -2.29. The molecule has 1 N–H and O–H groups in total. The molecule has 0 radical (unpaired) electrons. The molecular weight excluding hydrogens is 313 g/mol. The predicted molar refractivity (Wildman–Crippen MR) is 79.3 cm³/mol. The molecule has 1 heterocycles. The zero-order valence-electron chi connectivity index (χ0n) is 11.2. The van der Waals surface area contributed by atoms with Crippen molar-refractivity contribution in [2.24, 2.45) is 0 Å². The minimum absolute atomic E-state index is 0.0183. The summed E-state index contributed by atoms with van der Waals surface area (Å²) in [4.78, 5) is 11.7. The number of nitrogens with one attached hydrogen (secondary N) is 1. The van der Waals surface area contributed by atoms with Crippen LogP contribution in [0.3, 0.4) is 0 Å². The molecule has 1 atom stereocenters. The number of amides is 1. The number of sulfone groups is 1. The number of benzene rings is 1. The summed E-state index contributed by atoms with van der Waals surface area (Å²) in [6.45, 7) is 1.31. The molecule has 112 valence electrons. The normalized spacial score (nSPS) is 12.9. The van der Waals surface area contributed by atoms with Gasteiger partial charge in [0.25, 0.3) is 0 Å². The molecular formula is C14H14FNO3S2. The van der Waals surface area contributed by atoms with Crippen molar-refractivity contribution in [2.75, 3.05) is 6.54 Å². The predicted octanol–water partition coefficient (Wildman–Crippen LogP) is 2.54. The van der Waals surface area contributed by atoms with Gasteiger partial charge in [-0.3, -0.25) is 4.79 Å². The fraction of sp³-hybridized carbons (Fsp3) is 0.214. The van der Waals surface area contributed by atoms with Crippen LogP contribution in [-0.4, -0.2) is 20.9 Å². The first-order valence-electron chi connectivity index (χ1n) is 6.18. The molecule has 4 nitrogen and oxygen atoms in total. The quantitative estimate of drug-likeness (QED) is 0.859. The average Bonchev–Trinajstić information content (AvgIpc) is 2.92. The van der Waals surface area contributed by atoms with Crippen molar-refractivity contribution < 1.29 is 17.6 Å². The number of halogens is 1. The fourth-order valence-corrected chi connectivity index (χ4v) is 4.65. The van der Waals surface area contributed by atoms with E-state index in [1.54, 1.807) is 17.5 Å². The van der Waals surface area contributed by atoms with Crippen molar-refractivity contribution in [3.8, 4) is 0 Å². The van der Waals surface area contributed by atoms with Crippen molar-refractivity contribution in [3.63, 3.8) is 0 Å². The summed E-state index contributed by atoms with van der Waals surface area (Å²) in [5, 5.41) is 3.43. The number of carbonyl (C=O) groups excluding carboxylic acids is 1. The van der Waals surface area contributed by atoms with Gasteiger partial charge in [-0.25, -0.2) is 12.8 Å². The van der Waals surface area contributed by atoms with Gasteiger partial charge in [0.2, 0.25) is 5.91 Å². The number of carbonyl (C=O) groups is 1. The molecule has 2 aromatic rings. The highest BCUT2D eigenvalue weighted by atomic mass is 32.2. The van der Waals surface area contributed by atoms with Crippen LogP contribution in [0.5, 0.6) is 0 Å². The van der Waals surface area contributed by atoms with Gasteiger partial charge in [0.1, 0.15) is 11.1 Å². The van der Waals surface area contributed by atoms with Crippen LogP contribution in [0.15, 0.2) is 46.7 Å². The molecule has 0 fully saturated rings. The Morgan fingerprint density at radius 1 is 1.29 bits per heavy atom. The third kappa shape index (κ3) is 3.68. The van der Waals surface area contributed by atoms with Crippen LogP contribution in [0.25, 0.3) is 0 Å². The van der Waals surface area contributed by atoms with Gasteiger partial charge in [0, 0.05) is 18.3 Å². The summed E-state index contributed by atoms with van der Waals surface area (Å²) < 4.78 is 38.3. The summed E-state index contributed by atoms with van der Waals surface area (Å²) in [7, 11) is -3.71. The summed E-state index contributed by atoms with van der Waals surface area (Å²) in [6.07, 6.45) is 0. The first kappa shape index (κ1) is 15.7. The van der Waals surface area contributed by atoms with Crippen molar-refractivity contribution in [2.45, 2.75) is 17.1 Å². The lowest BCUT2D eigenvalue weighted by atomic mass is 10.3. The molecule has 0 saturated heterocycles. The molecule has 0 aliphatic carbocycles. The molecule has 0 aliphatic rings. The molecule has 0 saturated carbocycles. The molecule has 1 amide bonds. The van der Waals surface area contributed by atoms with E-state index < -0.39 is 20.9 Å². The lowest BCUT2D eigenvalue weighted by Gasteiger charge is -2.17. The largest absolute Gasteiger partial charge is 0.355 e. The Balaban J connectivity index is 2.39. The Labute approximate surface area is 126 Å². The number of hydrogen-bond donors (Lipinski definition) is 1. The van der Waals surface area contributed by atoms with E-state index in [1.807, 2.05) is 0 Å². The minimum Gasteiger partial charge on any atom is -0.355 e. The molecule has 21 heavy (non-hydrogen) atoms. The SMILES string of the molecule is CC(=O)NC[C@@H](c1cccs1)S(=O)(=O)c1ccc(F)cc1. The minimum atomic E-state index is -3.71. The monoisotopic (exact) mass is 327 g/mol. The van der Waals surface area contributed by atoms with Crippen LogP contribution in [0.1, 0.15) is 17.1 Å². The van der Waals surface area contributed by atoms with Gasteiger partial charge in [-0.15, -0.1) is 11.3 Å². The van der Waals surface area contributed by atoms with E-state index >= 15 is 0 Å². The van der Waals surface area contributed by atoms with Crippen molar-refractivity contribution in [1.82, 2.24) is 5.32 Å². The van der Waals surface area contributed by atoms with E-state index in [9.17, 15) is 17.6 Å². The highest BCUT2D eigenvalue weighted by Crippen LogP contribution is 2.31. The van der Waals surface area contributed by atoms with Crippen LogP contribution in [0, 0.1) is 5.82 Å². The number of thiophene rings is 1. The zero-order valence-corrected chi connectivity index (χ0v) is 12.9. The van der Waals surface area contributed by atoms with E-state index in [4.69, 9.17) is 0 Å². The molecule has 1 aromatic carbocycles. The first-order chi connectivity index (χ1) is 9.91. The Bertz CT molecular complexity index is 709. The zero-order chi connectivity index (χ0) is 15.5. The molecule has 1 aromatic heterocycles. The average molecular weight is 327 g/mol. The Kier molecular flexibility index (Phi) is 4.74.